The average Bonchev–Trinajstić information content (AvgIpc) is 2.70. The Kier molecular flexibility index (Phi) is 6.67. The third kappa shape index (κ3) is 4.38. The van der Waals surface area contributed by atoms with Crippen molar-refractivity contribution in [1.29, 1.82) is 0 Å². The van der Waals surface area contributed by atoms with Gasteiger partial charge in [0.15, 0.2) is 0 Å². The summed E-state index contributed by atoms with van der Waals surface area (Å²) in [5.41, 5.74) is 1.27. The van der Waals surface area contributed by atoms with Crippen LogP contribution in [0.3, 0.4) is 0 Å². The molecule has 1 aliphatic rings. The first-order valence-corrected chi connectivity index (χ1v) is 8.63. The zero-order valence-electron chi connectivity index (χ0n) is 12.3. The van der Waals surface area contributed by atoms with Crippen molar-refractivity contribution in [3.05, 3.63) is 33.8 Å². The Labute approximate surface area is 133 Å². The first-order valence-electron chi connectivity index (χ1n) is 7.88. The lowest BCUT2D eigenvalue weighted by Gasteiger charge is -2.28. The number of benzene rings is 1. The first-order chi connectivity index (χ1) is 9.72. The van der Waals surface area contributed by atoms with Crippen molar-refractivity contribution in [2.45, 2.75) is 51.4 Å². The van der Waals surface area contributed by atoms with Gasteiger partial charge in [0.25, 0.3) is 0 Å². The Morgan fingerprint density at radius 3 is 2.45 bits per heavy atom. The van der Waals surface area contributed by atoms with E-state index in [-0.39, 0.29) is 0 Å². The summed E-state index contributed by atoms with van der Waals surface area (Å²) >= 11 is 12.5. The predicted octanol–water partition coefficient (Wildman–Crippen LogP) is 5.66. The summed E-state index contributed by atoms with van der Waals surface area (Å²) in [4.78, 5) is 0. The molecule has 0 amide bonds. The van der Waals surface area contributed by atoms with Crippen LogP contribution < -0.4 is 5.32 Å². The Morgan fingerprint density at radius 1 is 1.15 bits per heavy atom. The molecule has 0 bridgehead atoms. The molecule has 0 aromatic heterocycles. The highest BCUT2D eigenvalue weighted by Gasteiger charge is 2.25. The highest BCUT2D eigenvalue weighted by Crippen LogP contribution is 2.38. The van der Waals surface area contributed by atoms with Gasteiger partial charge in [-0.15, -0.1) is 0 Å². The van der Waals surface area contributed by atoms with Crippen LogP contribution in [0.4, 0.5) is 0 Å². The fourth-order valence-corrected chi connectivity index (χ4v) is 3.89. The molecule has 112 valence electrons. The van der Waals surface area contributed by atoms with Crippen LogP contribution in [0, 0.1) is 5.92 Å². The van der Waals surface area contributed by atoms with E-state index < -0.39 is 0 Å². The maximum Gasteiger partial charge on any atom is 0.0456 e. The van der Waals surface area contributed by atoms with E-state index in [1.807, 2.05) is 12.1 Å². The molecule has 0 radical (unpaired) electrons. The van der Waals surface area contributed by atoms with Crippen LogP contribution in [0.5, 0.6) is 0 Å². The minimum Gasteiger partial charge on any atom is -0.316 e. The zero-order chi connectivity index (χ0) is 14.4. The molecule has 1 nitrogen and oxygen atoms in total. The van der Waals surface area contributed by atoms with Crippen molar-refractivity contribution in [2.24, 2.45) is 5.92 Å². The highest BCUT2D eigenvalue weighted by molar-refractivity contribution is 6.35. The molecule has 1 aliphatic carbocycles. The van der Waals surface area contributed by atoms with Crippen LogP contribution >= 0.6 is 23.2 Å². The van der Waals surface area contributed by atoms with E-state index in [4.69, 9.17) is 23.2 Å². The molecule has 1 aromatic carbocycles. The van der Waals surface area contributed by atoms with Crippen molar-refractivity contribution in [3.8, 4) is 0 Å². The average molecular weight is 314 g/mol. The Balaban J connectivity index is 2.20. The van der Waals surface area contributed by atoms with E-state index in [9.17, 15) is 0 Å². The SMILES string of the molecule is CCNCC(c1ccc(Cl)cc1Cl)C1CCCCCC1. The zero-order valence-corrected chi connectivity index (χ0v) is 13.8. The number of likely N-dealkylation sites (N-methyl/N-ethyl adjacent to an activating group) is 1. The first kappa shape index (κ1) is 16.1. The molecule has 3 heteroatoms. The summed E-state index contributed by atoms with van der Waals surface area (Å²) in [5.74, 6) is 1.26. The molecule has 0 aliphatic heterocycles. The van der Waals surface area contributed by atoms with Gasteiger partial charge in [-0.2, -0.15) is 0 Å². The molecule has 1 saturated carbocycles. The van der Waals surface area contributed by atoms with Crippen molar-refractivity contribution in [3.63, 3.8) is 0 Å². The van der Waals surface area contributed by atoms with Crippen LogP contribution in [0.2, 0.25) is 10.0 Å². The van der Waals surface area contributed by atoms with Crippen LogP contribution in [0.15, 0.2) is 18.2 Å². The lowest BCUT2D eigenvalue weighted by atomic mass is 9.81. The lowest BCUT2D eigenvalue weighted by molar-refractivity contribution is 0.363. The standard InChI is InChI=1S/C17H25Cl2N/c1-2-20-12-16(13-7-5-3-4-6-8-13)15-10-9-14(18)11-17(15)19/h9-11,13,16,20H,2-8,12H2,1H3. The lowest BCUT2D eigenvalue weighted by Crippen LogP contribution is -2.27. The van der Waals surface area contributed by atoms with Gasteiger partial charge in [0.2, 0.25) is 0 Å². The monoisotopic (exact) mass is 313 g/mol. The predicted molar refractivity (Wildman–Crippen MR) is 88.9 cm³/mol. The van der Waals surface area contributed by atoms with Crippen LogP contribution in [0.1, 0.15) is 56.9 Å². The molecule has 1 aromatic rings. The van der Waals surface area contributed by atoms with Gasteiger partial charge in [0.1, 0.15) is 0 Å². The number of hydrogen-bond acceptors (Lipinski definition) is 1. The highest BCUT2D eigenvalue weighted by atomic mass is 35.5. The van der Waals surface area contributed by atoms with Crippen LogP contribution in [-0.2, 0) is 0 Å². The fraction of sp³-hybridized carbons (Fsp3) is 0.647. The molecule has 0 heterocycles. The van der Waals surface area contributed by atoms with Crippen molar-refractivity contribution in [2.75, 3.05) is 13.1 Å². The smallest absolute Gasteiger partial charge is 0.0456 e. The van der Waals surface area contributed by atoms with Crippen molar-refractivity contribution < 1.29 is 0 Å². The largest absolute Gasteiger partial charge is 0.316 e. The van der Waals surface area contributed by atoms with Gasteiger partial charge < -0.3 is 5.32 Å². The maximum absolute atomic E-state index is 6.45. The Bertz CT molecular complexity index is 411. The van der Waals surface area contributed by atoms with Crippen LogP contribution in [0.25, 0.3) is 0 Å². The molecule has 1 atom stereocenters. The summed E-state index contributed by atoms with van der Waals surface area (Å²) in [5, 5.41) is 5.06. The molecule has 20 heavy (non-hydrogen) atoms. The van der Waals surface area contributed by atoms with E-state index in [0.29, 0.717) is 5.92 Å². The van der Waals surface area contributed by atoms with Gasteiger partial charge in [-0.1, -0.05) is 61.9 Å². The van der Waals surface area contributed by atoms with E-state index in [1.54, 1.807) is 0 Å². The number of rotatable bonds is 5. The fourth-order valence-electron chi connectivity index (χ4n) is 3.35. The van der Waals surface area contributed by atoms with E-state index in [1.165, 1.54) is 44.1 Å². The van der Waals surface area contributed by atoms with Gasteiger partial charge in [-0.3, -0.25) is 0 Å². The molecule has 2 rings (SSSR count). The quantitative estimate of drug-likeness (QED) is 0.692. The molecule has 0 spiro atoms. The summed E-state index contributed by atoms with van der Waals surface area (Å²) < 4.78 is 0. The van der Waals surface area contributed by atoms with E-state index in [0.717, 1.165) is 29.1 Å². The molecule has 0 saturated heterocycles. The molecular weight excluding hydrogens is 289 g/mol. The van der Waals surface area contributed by atoms with Crippen molar-refractivity contribution in [1.82, 2.24) is 5.32 Å². The van der Waals surface area contributed by atoms with Gasteiger partial charge in [-0.05, 0) is 43.0 Å². The minimum atomic E-state index is 0.512. The number of nitrogens with one attached hydrogen (secondary N) is 1. The second-order valence-electron chi connectivity index (χ2n) is 5.83. The third-order valence-electron chi connectivity index (χ3n) is 4.45. The van der Waals surface area contributed by atoms with Gasteiger partial charge in [0, 0.05) is 22.5 Å². The van der Waals surface area contributed by atoms with E-state index >= 15 is 0 Å². The number of halogens is 2. The molecule has 1 unspecified atom stereocenters. The van der Waals surface area contributed by atoms with Crippen LogP contribution in [-0.4, -0.2) is 13.1 Å². The minimum absolute atomic E-state index is 0.512. The topological polar surface area (TPSA) is 12.0 Å². The molecular formula is C17H25Cl2N. The second kappa shape index (κ2) is 8.26. The molecule has 1 N–H and O–H groups in total. The Hall–Kier alpha value is -0.240. The summed E-state index contributed by atoms with van der Waals surface area (Å²) in [7, 11) is 0. The third-order valence-corrected chi connectivity index (χ3v) is 5.01. The summed E-state index contributed by atoms with van der Waals surface area (Å²) in [6, 6.07) is 5.98. The van der Waals surface area contributed by atoms with E-state index in [2.05, 4.69) is 18.3 Å². The van der Waals surface area contributed by atoms with Gasteiger partial charge in [0.05, 0.1) is 0 Å². The summed E-state index contributed by atoms with van der Waals surface area (Å²) in [6.45, 7) is 4.19. The van der Waals surface area contributed by atoms with Gasteiger partial charge >= 0.3 is 0 Å². The summed E-state index contributed by atoms with van der Waals surface area (Å²) in [6.07, 6.45) is 8.15. The van der Waals surface area contributed by atoms with Gasteiger partial charge in [-0.25, -0.2) is 0 Å². The molecule has 1 fully saturated rings. The second-order valence-corrected chi connectivity index (χ2v) is 6.68. The maximum atomic E-state index is 6.45. The number of hydrogen-bond donors (Lipinski definition) is 1. The Morgan fingerprint density at radius 2 is 1.85 bits per heavy atom. The van der Waals surface area contributed by atoms with Crippen molar-refractivity contribution >= 4 is 23.2 Å². The normalized spacial score (nSPS) is 18.8.